The molecule has 122 valence electrons. The largest absolute Gasteiger partial charge is 0.489 e. The Morgan fingerprint density at radius 1 is 0.958 bits per heavy atom. The Balaban J connectivity index is 1.49. The summed E-state index contributed by atoms with van der Waals surface area (Å²) in [7, 11) is 0. The van der Waals surface area contributed by atoms with Gasteiger partial charge in [-0.2, -0.15) is 0 Å². The number of nitrogens with one attached hydrogen (secondary N) is 1. The van der Waals surface area contributed by atoms with E-state index in [1.807, 2.05) is 60.7 Å². The van der Waals surface area contributed by atoms with E-state index in [9.17, 15) is 9.59 Å². The second-order valence-electron chi connectivity index (χ2n) is 5.37. The second kappa shape index (κ2) is 7.84. The Labute approximate surface area is 144 Å². The number of hydrogen-bond acceptors (Lipinski definition) is 4. The lowest BCUT2D eigenvalue weighted by Crippen LogP contribution is -2.17. The monoisotopic (exact) mass is 339 g/mol. The van der Waals surface area contributed by atoms with Gasteiger partial charge in [-0.15, -0.1) is 0 Å². The zero-order valence-electron chi connectivity index (χ0n) is 13.0. The van der Waals surface area contributed by atoms with Crippen molar-refractivity contribution in [1.82, 2.24) is 5.32 Å². The summed E-state index contributed by atoms with van der Waals surface area (Å²) >= 11 is 0.957. The van der Waals surface area contributed by atoms with Gasteiger partial charge in [-0.1, -0.05) is 48.5 Å². The molecule has 1 N–H and O–H groups in total. The molecule has 0 spiro atoms. The summed E-state index contributed by atoms with van der Waals surface area (Å²) in [5, 5.41) is 1.95. The first-order valence-electron chi connectivity index (χ1n) is 7.70. The van der Waals surface area contributed by atoms with E-state index in [1.54, 1.807) is 0 Å². The average molecular weight is 339 g/mol. The minimum absolute atomic E-state index is 0.297. The van der Waals surface area contributed by atoms with E-state index in [1.165, 1.54) is 0 Å². The first-order valence-corrected chi connectivity index (χ1v) is 8.51. The molecule has 0 radical (unpaired) electrons. The van der Waals surface area contributed by atoms with Gasteiger partial charge in [0.25, 0.3) is 11.1 Å². The fraction of sp³-hybridized carbons (Fsp3) is 0.158. The molecule has 0 saturated carbocycles. The quantitative estimate of drug-likeness (QED) is 0.806. The topological polar surface area (TPSA) is 55.4 Å². The van der Waals surface area contributed by atoms with Gasteiger partial charge in [-0.05, 0) is 47.9 Å². The van der Waals surface area contributed by atoms with E-state index in [4.69, 9.17) is 4.74 Å². The molecule has 24 heavy (non-hydrogen) atoms. The third kappa shape index (κ3) is 4.49. The maximum Gasteiger partial charge on any atom is 0.290 e. The second-order valence-corrected chi connectivity index (χ2v) is 6.38. The molecule has 4 nitrogen and oxygen atoms in total. The van der Waals surface area contributed by atoms with Gasteiger partial charge in [0, 0.05) is 0 Å². The number of thioether (sulfide) groups is 1. The average Bonchev–Trinajstić information content (AvgIpc) is 2.93. The number of carbonyl (C=O) groups excluding carboxylic acids is 2. The van der Waals surface area contributed by atoms with Gasteiger partial charge >= 0.3 is 0 Å². The molecule has 0 atom stereocenters. The minimum atomic E-state index is -0.300. The summed E-state index contributed by atoms with van der Waals surface area (Å²) in [5.41, 5.74) is 2.30. The summed E-state index contributed by atoms with van der Waals surface area (Å²) in [6.45, 7) is 0.548. The van der Waals surface area contributed by atoms with E-state index in [-0.39, 0.29) is 11.1 Å². The van der Waals surface area contributed by atoms with E-state index in [0.29, 0.717) is 17.9 Å². The molecular formula is C19H17NO3S. The molecule has 1 saturated heterocycles. The molecule has 0 unspecified atom stereocenters. The van der Waals surface area contributed by atoms with Crippen molar-refractivity contribution >= 4 is 22.9 Å². The standard InChI is InChI=1S/C19H17NO3S/c21-18-17(24-19(22)20-18)8-4-7-14-9-11-16(12-10-14)23-13-15-5-2-1-3-6-15/h1-3,5-6,8-12H,4,7,13H2,(H,20,21,22). The maximum absolute atomic E-state index is 11.4. The lowest BCUT2D eigenvalue weighted by Gasteiger charge is -2.07. The Bertz CT molecular complexity index is 754. The van der Waals surface area contributed by atoms with Crippen molar-refractivity contribution in [2.45, 2.75) is 19.4 Å². The van der Waals surface area contributed by atoms with Gasteiger partial charge in [-0.3, -0.25) is 14.9 Å². The Morgan fingerprint density at radius 3 is 2.38 bits per heavy atom. The smallest absolute Gasteiger partial charge is 0.290 e. The van der Waals surface area contributed by atoms with Crippen molar-refractivity contribution in [3.63, 3.8) is 0 Å². The van der Waals surface area contributed by atoms with Crippen molar-refractivity contribution < 1.29 is 14.3 Å². The third-order valence-electron chi connectivity index (χ3n) is 3.58. The van der Waals surface area contributed by atoms with Crippen LogP contribution in [-0.4, -0.2) is 11.1 Å². The SMILES string of the molecule is O=C1NC(=O)C(=CCCc2ccc(OCc3ccccc3)cc2)S1. The van der Waals surface area contributed by atoms with Crippen LogP contribution in [0.2, 0.25) is 0 Å². The van der Waals surface area contributed by atoms with Crippen molar-refractivity contribution in [1.29, 1.82) is 0 Å². The highest BCUT2D eigenvalue weighted by molar-refractivity contribution is 8.18. The van der Waals surface area contributed by atoms with E-state index in [2.05, 4.69) is 5.32 Å². The predicted molar refractivity (Wildman–Crippen MR) is 94.7 cm³/mol. The Morgan fingerprint density at radius 2 is 1.71 bits per heavy atom. The van der Waals surface area contributed by atoms with Gasteiger partial charge in [0.05, 0.1) is 4.91 Å². The van der Waals surface area contributed by atoms with Crippen LogP contribution < -0.4 is 10.1 Å². The summed E-state index contributed by atoms with van der Waals surface area (Å²) in [5.74, 6) is 0.534. The molecule has 2 aromatic rings. The highest BCUT2D eigenvalue weighted by Gasteiger charge is 2.24. The minimum Gasteiger partial charge on any atom is -0.489 e. The normalized spacial score (nSPS) is 15.6. The molecule has 0 aromatic heterocycles. The van der Waals surface area contributed by atoms with Crippen LogP contribution in [0, 0.1) is 0 Å². The van der Waals surface area contributed by atoms with Crippen LogP contribution in [0.3, 0.4) is 0 Å². The lowest BCUT2D eigenvalue weighted by molar-refractivity contribution is -0.115. The first kappa shape index (κ1) is 16.3. The summed E-state index contributed by atoms with van der Waals surface area (Å²) in [4.78, 5) is 23.0. The molecule has 2 amide bonds. The van der Waals surface area contributed by atoms with Gasteiger partial charge in [0.1, 0.15) is 12.4 Å². The zero-order valence-corrected chi connectivity index (χ0v) is 13.8. The molecule has 3 rings (SSSR count). The van der Waals surface area contributed by atoms with Crippen LogP contribution >= 0.6 is 11.8 Å². The van der Waals surface area contributed by atoms with Gasteiger partial charge in [0.2, 0.25) is 0 Å². The predicted octanol–water partition coefficient (Wildman–Crippen LogP) is 4.07. The zero-order chi connectivity index (χ0) is 16.8. The maximum atomic E-state index is 11.4. The molecule has 0 bridgehead atoms. The summed E-state index contributed by atoms with van der Waals surface area (Å²) < 4.78 is 5.75. The van der Waals surface area contributed by atoms with Gasteiger partial charge in [-0.25, -0.2) is 0 Å². The molecule has 0 aliphatic carbocycles. The first-order chi connectivity index (χ1) is 11.7. The number of rotatable bonds is 6. The van der Waals surface area contributed by atoms with Gasteiger partial charge < -0.3 is 4.74 Å². The molecular weight excluding hydrogens is 322 g/mol. The van der Waals surface area contributed by atoms with E-state index < -0.39 is 0 Å². The molecule has 1 heterocycles. The number of carbonyl (C=O) groups is 2. The van der Waals surface area contributed by atoms with Crippen LogP contribution in [0.1, 0.15) is 17.5 Å². The Kier molecular flexibility index (Phi) is 5.33. The fourth-order valence-corrected chi connectivity index (χ4v) is 3.01. The number of amides is 2. The highest BCUT2D eigenvalue weighted by atomic mass is 32.2. The summed E-state index contributed by atoms with van der Waals surface area (Å²) in [6, 6.07) is 18.0. The van der Waals surface area contributed by atoms with Gasteiger partial charge in [0.15, 0.2) is 0 Å². The van der Waals surface area contributed by atoms with Crippen molar-refractivity contribution in [3.05, 3.63) is 76.7 Å². The molecule has 2 aromatic carbocycles. The third-order valence-corrected chi connectivity index (χ3v) is 4.44. The fourth-order valence-electron chi connectivity index (χ4n) is 2.32. The Hall–Kier alpha value is -2.53. The molecule has 1 aliphatic rings. The van der Waals surface area contributed by atoms with Crippen LogP contribution in [0.4, 0.5) is 4.79 Å². The van der Waals surface area contributed by atoms with Crippen LogP contribution in [0.15, 0.2) is 65.6 Å². The highest BCUT2D eigenvalue weighted by Crippen LogP contribution is 2.24. The van der Waals surface area contributed by atoms with Crippen molar-refractivity contribution in [3.8, 4) is 5.75 Å². The molecule has 1 aliphatic heterocycles. The number of allylic oxidation sites excluding steroid dienone is 1. The van der Waals surface area contributed by atoms with Crippen LogP contribution in [0.5, 0.6) is 5.75 Å². The molecule has 5 heteroatoms. The van der Waals surface area contributed by atoms with E-state index >= 15 is 0 Å². The van der Waals surface area contributed by atoms with Crippen molar-refractivity contribution in [2.75, 3.05) is 0 Å². The number of ether oxygens (including phenoxy) is 1. The lowest BCUT2D eigenvalue weighted by atomic mass is 10.1. The van der Waals surface area contributed by atoms with E-state index in [0.717, 1.165) is 35.1 Å². The number of benzene rings is 2. The van der Waals surface area contributed by atoms with Crippen LogP contribution in [-0.2, 0) is 17.8 Å². The van der Waals surface area contributed by atoms with Crippen molar-refractivity contribution in [2.24, 2.45) is 0 Å². The molecule has 1 fully saturated rings. The number of hydrogen-bond donors (Lipinski definition) is 1. The van der Waals surface area contributed by atoms with Crippen LogP contribution in [0.25, 0.3) is 0 Å². The number of imide groups is 1. The number of aryl methyl sites for hydroxylation is 1. The summed E-state index contributed by atoms with van der Waals surface area (Å²) in [6.07, 6.45) is 3.34.